The Bertz CT molecular complexity index is 1190. The van der Waals surface area contributed by atoms with Crippen LogP contribution in [0.2, 0.25) is 0 Å². The predicted molar refractivity (Wildman–Crippen MR) is 130 cm³/mol. The number of nitrogens with zero attached hydrogens (tertiary/aromatic N) is 2. The zero-order valence-electron chi connectivity index (χ0n) is 19.0. The van der Waals surface area contributed by atoms with Crippen molar-refractivity contribution >= 4 is 17.5 Å². The lowest BCUT2D eigenvalue weighted by molar-refractivity contribution is -0.134. The van der Waals surface area contributed by atoms with E-state index in [1.165, 1.54) is 16.7 Å². The fourth-order valence-corrected chi connectivity index (χ4v) is 5.04. The zero-order valence-corrected chi connectivity index (χ0v) is 19.0. The summed E-state index contributed by atoms with van der Waals surface area (Å²) in [7, 11) is 0. The number of carbonyl (C=O) groups is 2. The number of carbonyl (C=O) groups excluding carboxylic acids is 2. The summed E-state index contributed by atoms with van der Waals surface area (Å²) >= 11 is 0. The first-order valence-electron chi connectivity index (χ1n) is 11.6. The van der Waals surface area contributed by atoms with E-state index in [-0.39, 0.29) is 24.3 Å². The average molecular weight is 437 g/mol. The summed E-state index contributed by atoms with van der Waals surface area (Å²) in [5.41, 5.74) is 7.09. The van der Waals surface area contributed by atoms with Gasteiger partial charge in [-0.1, -0.05) is 78.9 Å². The molecule has 0 fully saturated rings. The molecule has 1 aliphatic carbocycles. The van der Waals surface area contributed by atoms with Crippen molar-refractivity contribution in [1.29, 1.82) is 0 Å². The molecular weight excluding hydrogens is 408 g/mol. The van der Waals surface area contributed by atoms with Crippen LogP contribution in [-0.2, 0) is 17.8 Å². The molecule has 1 aliphatic heterocycles. The van der Waals surface area contributed by atoms with Crippen molar-refractivity contribution in [2.45, 2.75) is 38.8 Å². The fourth-order valence-electron chi connectivity index (χ4n) is 5.04. The second-order valence-corrected chi connectivity index (χ2v) is 8.96. The van der Waals surface area contributed by atoms with Gasteiger partial charge in [-0.3, -0.25) is 9.59 Å². The molecule has 1 unspecified atom stereocenters. The third kappa shape index (κ3) is 3.97. The minimum Gasteiger partial charge on any atom is -0.331 e. The Labute approximate surface area is 195 Å². The molecule has 0 radical (unpaired) electrons. The van der Waals surface area contributed by atoms with E-state index in [2.05, 4.69) is 62.0 Å². The monoisotopic (exact) mass is 436 g/mol. The average Bonchev–Trinajstić information content (AvgIpc) is 3.37. The topological polar surface area (TPSA) is 40.6 Å². The molecule has 2 aliphatic rings. The molecule has 2 amide bonds. The van der Waals surface area contributed by atoms with Crippen molar-refractivity contribution in [2.75, 3.05) is 6.54 Å². The number of amides is 2. The van der Waals surface area contributed by atoms with E-state index in [4.69, 9.17) is 0 Å². The van der Waals surface area contributed by atoms with E-state index < -0.39 is 0 Å². The number of fused-ring (bicyclic) bond motifs is 2. The summed E-state index contributed by atoms with van der Waals surface area (Å²) in [5, 5.41) is 0. The van der Waals surface area contributed by atoms with Crippen LogP contribution in [0.25, 0.3) is 5.70 Å². The fraction of sp³-hybridized carbons (Fsp3) is 0.241. The van der Waals surface area contributed by atoms with Gasteiger partial charge in [0.25, 0.3) is 5.91 Å². The molecule has 3 aromatic rings. The van der Waals surface area contributed by atoms with Crippen LogP contribution in [0.3, 0.4) is 0 Å². The van der Waals surface area contributed by atoms with Crippen LogP contribution in [0.5, 0.6) is 0 Å². The summed E-state index contributed by atoms with van der Waals surface area (Å²) in [6.07, 6.45) is 2.18. The van der Waals surface area contributed by atoms with Crippen molar-refractivity contribution in [1.82, 2.24) is 9.80 Å². The maximum atomic E-state index is 13.6. The van der Waals surface area contributed by atoms with Crippen LogP contribution < -0.4 is 0 Å². The lowest BCUT2D eigenvalue weighted by Gasteiger charge is -2.31. The Morgan fingerprint density at radius 3 is 2.45 bits per heavy atom. The van der Waals surface area contributed by atoms with E-state index in [9.17, 15) is 9.59 Å². The van der Waals surface area contributed by atoms with Crippen molar-refractivity contribution in [3.8, 4) is 0 Å². The number of benzene rings is 3. The molecule has 0 spiro atoms. The van der Waals surface area contributed by atoms with Gasteiger partial charge in [-0.05, 0) is 42.5 Å². The number of rotatable bonds is 6. The van der Waals surface area contributed by atoms with E-state index in [1.54, 1.807) is 4.90 Å². The molecule has 1 atom stereocenters. The van der Waals surface area contributed by atoms with E-state index >= 15 is 0 Å². The highest BCUT2D eigenvalue weighted by Gasteiger charge is 2.34. The van der Waals surface area contributed by atoms with Gasteiger partial charge >= 0.3 is 0 Å². The molecule has 166 valence electrons. The molecule has 33 heavy (non-hydrogen) atoms. The molecular formula is C29H28N2O2. The summed E-state index contributed by atoms with van der Waals surface area (Å²) < 4.78 is 0. The zero-order chi connectivity index (χ0) is 22.9. The van der Waals surface area contributed by atoms with E-state index in [1.807, 2.05) is 29.2 Å². The molecule has 0 saturated heterocycles. The van der Waals surface area contributed by atoms with Gasteiger partial charge in [0.15, 0.2) is 0 Å². The van der Waals surface area contributed by atoms with Crippen LogP contribution in [0.15, 0.2) is 79.4 Å². The Morgan fingerprint density at radius 2 is 1.70 bits per heavy atom. The molecule has 1 heterocycles. The van der Waals surface area contributed by atoms with Gasteiger partial charge in [0.1, 0.15) is 0 Å². The van der Waals surface area contributed by atoms with Crippen LogP contribution in [0.1, 0.15) is 57.1 Å². The van der Waals surface area contributed by atoms with Gasteiger partial charge in [0.05, 0.1) is 6.04 Å². The largest absolute Gasteiger partial charge is 0.331 e. The van der Waals surface area contributed by atoms with Gasteiger partial charge in [0.2, 0.25) is 5.91 Å². The maximum absolute atomic E-state index is 13.6. The third-order valence-electron chi connectivity index (χ3n) is 6.86. The molecule has 4 heteroatoms. The number of hydrogen-bond donors (Lipinski definition) is 0. The van der Waals surface area contributed by atoms with Crippen LogP contribution in [-0.4, -0.2) is 28.2 Å². The summed E-state index contributed by atoms with van der Waals surface area (Å²) in [5.74, 6) is -0.00599. The van der Waals surface area contributed by atoms with Crippen molar-refractivity contribution in [3.05, 3.63) is 113 Å². The molecule has 3 aromatic carbocycles. The first-order valence-corrected chi connectivity index (χ1v) is 11.6. The normalized spacial score (nSPS) is 16.6. The predicted octanol–water partition coefficient (Wildman–Crippen LogP) is 5.53. The Hall–Kier alpha value is -3.66. The van der Waals surface area contributed by atoms with Crippen LogP contribution in [0, 0.1) is 6.92 Å². The van der Waals surface area contributed by atoms with Gasteiger partial charge in [-0.25, -0.2) is 0 Å². The first-order chi connectivity index (χ1) is 16.0. The molecule has 4 nitrogen and oxygen atoms in total. The number of hydrogen-bond acceptors (Lipinski definition) is 2. The van der Waals surface area contributed by atoms with Gasteiger partial charge in [-0.2, -0.15) is 0 Å². The van der Waals surface area contributed by atoms with Gasteiger partial charge < -0.3 is 9.80 Å². The summed E-state index contributed by atoms with van der Waals surface area (Å²) in [6, 6.07) is 24.4. The van der Waals surface area contributed by atoms with Crippen molar-refractivity contribution in [2.24, 2.45) is 0 Å². The highest BCUT2D eigenvalue weighted by Crippen LogP contribution is 2.37. The molecule has 0 bridgehead atoms. The SMILES string of the molecule is C=C1c2ccccc2C(=O)N1CCC(=O)N(Cc1ccc(C)cc1)C1CCc2ccccc21. The molecule has 5 rings (SSSR count). The summed E-state index contributed by atoms with van der Waals surface area (Å²) in [4.78, 5) is 30.1. The van der Waals surface area contributed by atoms with E-state index in [0.717, 1.165) is 24.0 Å². The second-order valence-electron chi connectivity index (χ2n) is 8.96. The minimum absolute atomic E-state index is 0.0599. The Kier molecular flexibility index (Phi) is 5.59. The lowest BCUT2D eigenvalue weighted by Crippen LogP contribution is -2.36. The summed E-state index contributed by atoms with van der Waals surface area (Å²) in [6.45, 7) is 7.08. The van der Waals surface area contributed by atoms with Crippen LogP contribution in [0.4, 0.5) is 0 Å². The molecule has 0 N–H and O–H groups in total. The quantitative estimate of drug-likeness (QED) is 0.510. The third-order valence-corrected chi connectivity index (χ3v) is 6.86. The van der Waals surface area contributed by atoms with Gasteiger partial charge in [-0.15, -0.1) is 0 Å². The molecule has 0 saturated carbocycles. The first kappa shape index (κ1) is 21.2. The maximum Gasteiger partial charge on any atom is 0.258 e. The van der Waals surface area contributed by atoms with Gasteiger partial charge in [0, 0.05) is 36.3 Å². The van der Waals surface area contributed by atoms with E-state index in [0.29, 0.717) is 24.4 Å². The highest BCUT2D eigenvalue weighted by atomic mass is 16.2. The minimum atomic E-state index is -0.0697. The highest BCUT2D eigenvalue weighted by molar-refractivity contribution is 6.08. The Morgan fingerprint density at radius 1 is 1.00 bits per heavy atom. The van der Waals surface area contributed by atoms with Crippen molar-refractivity contribution in [3.63, 3.8) is 0 Å². The van der Waals surface area contributed by atoms with Crippen LogP contribution >= 0.6 is 0 Å². The second kappa shape index (κ2) is 8.70. The van der Waals surface area contributed by atoms with Crippen molar-refractivity contribution < 1.29 is 9.59 Å². The Balaban J connectivity index is 1.36. The molecule has 0 aromatic heterocycles. The smallest absolute Gasteiger partial charge is 0.258 e. The number of aryl methyl sites for hydroxylation is 2. The lowest BCUT2D eigenvalue weighted by atomic mass is 10.0. The standard InChI is InChI=1S/C29H28N2O2/c1-20-11-13-22(14-12-20)19-31(27-16-15-23-7-3-4-9-25(23)27)28(32)17-18-30-21(2)24-8-5-6-10-26(24)29(30)33/h3-14,27H,2,15-19H2,1H3.